The zero-order chi connectivity index (χ0) is 17.1. The molecule has 5 heteroatoms. The van der Waals surface area contributed by atoms with Crippen molar-refractivity contribution in [1.82, 2.24) is 4.90 Å². The lowest BCUT2D eigenvalue weighted by atomic mass is 9.84. The Morgan fingerprint density at radius 3 is 2.67 bits per heavy atom. The first-order valence-electron chi connectivity index (χ1n) is 9.23. The molecule has 1 saturated carbocycles. The van der Waals surface area contributed by atoms with Crippen LogP contribution in [0.3, 0.4) is 0 Å². The Balaban J connectivity index is 1.51. The molecule has 1 aromatic carbocycles. The summed E-state index contributed by atoms with van der Waals surface area (Å²) in [7, 11) is 0. The number of nitrogens with zero attached hydrogens (tertiary/aromatic N) is 2. The van der Waals surface area contributed by atoms with E-state index in [0.717, 1.165) is 37.8 Å². The summed E-state index contributed by atoms with van der Waals surface area (Å²) in [6, 6.07) is 5.85. The van der Waals surface area contributed by atoms with Crippen LogP contribution in [0.4, 0.5) is 10.1 Å². The molecule has 2 fully saturated rings. The van der Waals surface area contributed by atoms with Crippen molar-refractivity contribution in [3.05, 3.63) is 29.0 Å². The minimum atomic E-state index is -0.334. The second-order valence-electron chi connectivity index (χ2n) is 7.49. The molecule has 1 heterocycles. The van der Waals surface area contributed by atoms with Gasteiger partial charge in [-0.2, -0.15) is 0 Å². The molecule has 3 nitrogen and oxygen atoms in total. The highest BCUT2D eigenvalue weighted by molar-refractivity contribution is 6.33. The van der Waals surface area contributed by atoms with Crippen LogP contribution < -0.4 is 10.6 Å². The van der Waals surface area contributed by atoms with Gasteiger partial charge in [0.2, 0.25) is 0 Å². The zero-order valence-corrected chi connectivity index (χ0v) is 15.3. The molecule has 0 amide bonds. The molecule has 0 aromatic heterocycles. The maximum absolute atomic E-state index is 13.7. The first kappa shape index (κ1) is 18.0. The van der Waals surface area contributed by atoms with Crippen LogP contribution >= 0.6 is 11.6 Å². The van der Waals surface area contributed by atoms with Gasteiger partial charge in [-0.3, -0.25) is 4.90 Å². The first-order chi connectivity index (χ1) is 11.5. The Labute approximate surface area is 149 Å². The summed E-state index contributed by atoms with van der Waals surface area (Å²) >= 11 is 6.16. The van der Waals surface area contributed by atoms with Gasteiger partial charge in [0.05, 0.1) is 10.7 Å². The van der Waals surface area contributed by atoms with E-state index < -0.39 is 0 Å². The summed E-state index contributed by atoms with van der Waals surface area (Å²) < 4.78 is 13.7. The van der Waals surface area contributed by atoms with Crippen molar-refractivity contribution in [3.8, 4) is 0 Å². The SMILES string of the molecule is C[C@@H]1CN(CCC2CCC(N)CC2)CCN1c1cccc(F)c1Cl. The molecule has 1 atom stereocenters. The predicted octanol–water partition coefficient (Wildman–Crippen LogP) is 3.90. The van der Waals surface area contributed by atoms with Crippen molar-refractivity contribution in [2.24, 2.45) is 11.7 Å². The van der Waals surface area contributed by atoms with Crippen molar-refractivity contribution >= 4 is 17.3 Å². The molecule has 3 rings (SSSR count). The van der Waals surface area contributed by atoms with Crippen LogP contribution in [-0.2, 0) is 0 Å². The molecule has 2 N–H and O–H groups in total. The fraction of sp³-hybridized carbons (Fsp3) is 0.684. The van der Waals surface area contributed by atoms with Crippen LogP contribution in [0.15, 0.2) is 18.2 Å². The van der Waals surface area contributed by atoms with Crippen LogP contribution in [0.1, 0.15) is 39.0 Å². The molecule has 1 aromatic rings. The third-order valence-corrected chi connectivity index (χ3v) is 6.07. The summed E-state index contributed by atoms with van der Waals surface area (Å²) in [6.45, 7) is 6.30. The Bertz CT molecular complexity index is 545. The van der Waals surface area contributed by atoms with Crippen molar-refractivity contribution in [1.29, 1.82) is 0 Å². The fourth-order valence-corrected chi connectivity index (χ4v) is 4.38. The van der Waals surface area contributed by atoms with Crippen LogP contribution in [-0.4, -0.2) is 43.2 Å². The number of halogens is 2. The van der Waals surface area contributed by atoms with Crippen LogP contribution in [0, 0.1) is 11.7 Å². The van der Waals surface area contributed by atoms with Gasteiger partial charge in [-0.15, -0.1) is 0 Å². The van der Waals surface area contributed by atoms with Gasteiger partial charge < -0.3 is 10.6 Å². The molecule has 0 unspecified atom stereocenters. The Morgan fingerprint density at radius 1 is 1.21 bits per heavy atom. The van der Waals surface area contributed by atoms with Crippen LogP contribution in [0.25, 0.3) is 0 Å². The highest BCUT2D eigenvalue weighted by Gasteiger charge is 2.27. The van der Waals surface area contributed by atoms with Crippen molar-refractivity contribution in [3.63, 3.8) is 0 Å². The van der Waals surface area contributed by atoms with E-state index in [1.54, 1.807) is 6.07 Å². The van der Waals surface area contributed by atoms with Gasteiger partial charge >= 0.3 is 0 Å². The molecular formula is C19H29ClFN3. The van der Waals surface area contributed by atoms with Crippen LogP contribution in [0.2, 0.25) is 5.02 Å². The highest BCUT2D eigenvalue weighted by Crippen LogP contribution is 2.31. The fourth-order valence-electron chi connectivity index (χ4n) is 4.15. The Kier molecular flexibility index (Phi) is 6.01. The number of nitrogens with two attached hydrogens (primary N) is 1. The molecule has 2 aliphatic rings. The highest BCUT2D eigenvalue weighted by atomic mass is 35.5. The van der Waals surface area contributed by atoms with E-state index in [4.69, 9.17) is 17.3 Å². The molecule has 1 aliphatic heterocycles. The second-order valence-corrected chi connectivity index (χ2v) is 7.86. The van der Waals surface area contributed by atoms with Crippen LogP contribution in [0.5, 0.6) is 0 Å². The largest absolute Gasteiger partial charge is 0.365 e. The summed E-state index contributed by atoms with van der Waals surface area (Å²) in [6.07, 6.45) is 6.23. The molecule has 0 bridgehead atoms. The lowest BCUT2D eigenvalue weighted by Gasteiger charge is -2.42. The third kappa shape index (κ3) is 4.22. The van der Waals surface area contributed by atoms with E-state index in [9.17, 15) is 4.39 Å². The molecule has 0 spiro atoms. The van der Waals surface area contributed by atoms with Gasteiger partial charge in [0.15, 0.2) is 0 Å². The molecule has 0 radical (unpaired) electrons. The molecular weight excluding hydrogens is 325 g/mol. The average Bonchev–Trinajstić information content (AvgIpc) is 2.57. The molecule has 24 heavy (non-hydrogen) atoms. The number of rotatable bonds is 4. The zero-order valence-electron chi connectivity index (χ0n) is 14.6. The summed E-state index contributed by atoms with van der Waals surface area (Å²) in [5, 5.41) is 0.247. The first-order valence-corrected chi connectivity index (χ1v) is 9.61. The standard InChI is InChI=1S/C19H29ClFN3/c1-14-13-23(10-9-15-5-7-16(22)8-6-15)11-12-24(14)18-4-2-3-17(21)19(18)20/h2-4,14-16H,5-13,22H2,1H3/t14-,15?,16?/m1/s1. The smallest absolute Gasteiger partial charge is 0.143 e. The summed E-state index contributed by atoms with van der Waals surface area (Å²) in [4.78, 5) is 4.78. The lowest BCUT2D eigenvalue weighted by molar-refractivity contribution is 0.198. The van der Waals surface area contributed by atoms with Crippen molar-refractivity contribution in [2.45, 2.75) is 51.1 Å². The number of benzene rings is 1. The lowest BCUT2D eigenvalue weighted by Crippen LogP contribution is -2.52. The summed E-state index contributed by atoms with van der Waals surface area (Å²) in [5.74, 6) is 0.509. The Morgan fingerprint density at radius 2 is 1.96 bits per heavy atom. The van der Waals surface area contributed by atoms with Gasteiger partial charge in [0, 0.05) is 31.7 Å². The van der Waals surface area contributed by atoms with E-state index in [1.165, 1.54) is 38.2 Å². The molecule has 1 aliphatic carbocycles. The van der Waals surface area contributed by atoms with E-state index in [-0.39, 0.29) is 10.8 Å². The number of hydrogen-bond acceptors (Lipinski definition) is 3. The van der Waals surface area contributed by atoms with Gasteiger partial charge in [-0.05, 0) is 63.6 Å². The minimum absolute atomic E-state index is 0.247. The normalized spacial score (nSPS) is 29.0. The maximum Gasteiger partial charge on any atom is 0.143 e. The minimum Gasteiger partial charge on any atom is -0.365 e. The average molecular weight is 354 g/mol. The van der Waals surface area contributed by atoms with E-state index in [0.29, 0.717) is 12.1 Å². The van der Waals surface area contributed by atoms with Gasteiger partial charge in [0.1, 0.15) is 5.82 Å². The third-order valence-electron chi connectivity index (χ3n) is 5.70. The second kappa shape index (κ2) is 8.03. The summed E-state index contributed by atoms with van der Waals surface area (Å²) in [5.41, 5.74) is 6.82. The van der Waals surface area contributed by atoms with E-state index >= 15 is 0 Å². The van der Waals surface area contributed by atoms with E-state index in [2.05, 4.69) is 16.7 Å². The number of piperazine rings is 1. The molecule has 1 saturated heterocycles. The van der Waals surface area contributed by atoms with Gasteiger partial charge in [-0.1, -0.05) is 17.7 Å². The topological polar surface area (TPSA) is 32.5 Å². The van der Waals surface area contributed by atoms with Gasteiger partial charge in [0.25, 0.3) is 0 Å². The molecule has 134 valence electrons. The number of hydrogen-bond donors (Lipinski definition) is 1. The van der Waals surface area contributed by atoms with Gasteiger partial charge in [-0.25, -0.2) is 4.39 Å². The van der Waals surface area contributed by atoms with Crippen molar-refractivity contribution in [2.75, 3.05) is 31.1 Å². The van der Waals surface area contributed by atoms with Crippen molar-refractivity contribution < 1.29 is 4.39 Å². The van der Waals surface area contributed by atoms with E-state index in [1.807, 2.05) is 6.07 Å². The predicted molar refractivity (Wildman–Crippen MR) is 99.2 cm³/mol. The quantitative estimate of drug-likeness (QED) is 0.891. The monoisotopic (exact) mass is 353 g/mol. The maximum atomic E-state index is 13.7. The number of anilines is 1. The Hall–Kier alpha value is -0.840.